The Morgan fingerprint density at radius 3 is 2.73 bits per heavy atom. The van der Waals surface area contributed by atoms with E-state index in [0.29, 0.717) is 5.65 Å². The molecule has 0 aliphatic carbocycles. The summed E-state index contributed by atoms with van der Waals surface area (Å²) in [6.07, 6.45) is -4.73. The summed E-state index contributed by atoms with van der Waals surface area (Å²) in [5.74, 6) is 0. The molecular formula is C9H7F3N2O. The maximum atomic E-state index is 12.2. The molecule has 80 valence electrons. The van der Waals surface area contributed by atoms with Crippen LogP contribution >= 0.6 is 0 Å². The van der Waals surface area contributed by atoms with Crippen LogP contribution in [0.3, 0.4) is 0 Å². The van der Waals surface area contributed by atoms with Gasteiger partial charge in [0.1, 0.15) is 5.65 Å². The van der Waals surface area contributed by atoms with E-state index < -0.39 is 12.3 Å². The molecule has 0 fully saturated rings. The zero-order valence-electron chi connectivity index (χ0n) is 7.44. The summed E-state index contributed by atoms with van der Waals surface area (Å²) < 4.78 is 38.0. The summed E-state index contributed by atoms with van der Waals surface area (Å²) in [7, 11) is 0. The van der Waals surface area contributed by atoms with E-state index in [1.807, 2.05) is 0 Å². The van der Waals surface area contributed by atoms with Crippen molar-refractivity contribution in [3.8, 4) is 0 Å². The number of aromatic nitrogens is 2. The van der Waals surface area contributed by atoms with Crippen molar-refractivity contribution < 1.29 is 18.3 Å². The van der Waals surface area contributed by atoms with Gasteiger partial charge >= 0.3 is 6.18 Å². The van der Waals surface area contributed by atoms with Gasteiger partial charge in [-0.05, 0) is 12.1 Å². The average Bonchev–Trinajstić information content (AvgIpc) is 2.58. The first kappa shape index (κ1) is 9.97. The van der Waals surface area contributed by atoms with Crippen molar-refractivity contribution in [3.05, 3.63) is 36.3 Å². The third kappa shape index (κ3) is 1.68. The molecule has 0 aromatic carbocycles. The van der Waals surface area contributed by atoms with Crippen molar-refractivity contribution in [1.29, 1.82) is 0 Å². The van der Waals surface area contributed by atoms with Gasteiger partial charge in [0, 0.05) is 6.20 Å². The molecule has 0 saturated carbocycles. The standard InChI is InChI=1S/C9H7F3N2O/c10-9(11,12)8(15)6-5-13-7-3-1-2-4-14(6)7/h1-5,8,15H/t8-/m1/s1. The Morgan fingerprint density at radius 1 is 1.33 bits per heavy atom. The molecule has 0 spiro atoms. The fourth-order valence-electron chi connectivity index (χ4n) is 1.32. The molecule has 3 nitrogen and oxygen atoms in total. The highest BCUT2D eigenvalue weighted by molar-refractivity contribution is 5.40. The van der Waals surface area contributed by atoms with Crippen molar-refractivity contribution in [1.82, 2.24) is 9.38 Å². The van der Waals surface area contributed by atoms with Crippen molar-refractivity contribution in [2.45, 2.75) is 12.3 Å². The second kappa shape index (κ2) is 3.23. The minimum atomic E-state index is -4.67. The first-order valence-corrected chi connectivity index (χ1v) is 4.17. The minimum absolute atomic E-state index is 0.280. The summed E-state index contributed by atoms with van der Waals surface area (Å²) in [5.41, 5.74) is 0.0916. The minimum Gasteiger partial charge on any atom is -0.378 e. The van der Waals surface area contributed by atoms with E-state index in [1.54, 1.807) is 18.2 Å². The number of fused-ring (bicyclic) bond motifs is 1. The number of nitrogens with zero attached hydrogens (tertiary/aromatic N) is 2. The predicted molar refractivity (Wildman–Crippen MR) is 46.2 cm³/mol. The number of rotatable bonds is 1. The van der Waals surface area contributed by atoms with Gasteiger partial charge in [-0.2, -0.15) is 13.2 Å². The van der Waals surface area contributed by atoms with Gasteiger partial charge < -0.3 is 9.51 Å². The number of imidazole rings is 1. The molecule has 0 radical (unpaired) electrons. The van der Waals surface area contributed by atoms with E-state index >= 15 is 0 Å². The lowest BCUT2D eigenvalue weighted by Crippen LogP contribution is -2.21. The molecule has 0 aliphatic rings. The Kier molecular flexibility index (Phi) is 2.15. The topological polar surface area (TPSA) is 37.5 Å². The van der Waals surface area contributed by atoms with Crippen molar-refractivity contribution >= 4 is 5.65 Å². The van der Waals surface area contributed by atoms with E-state index in [1.165, 1.54) is 10.6 Å². The molecule has 0 bridgehead atoms. The molecule has 2 rings (SSSR count). The smallest absolute Gasteiger partial charge is 0.378 e. The van der Waals surface area contributed by atoms with Crippen molar-refractivity contribution in [2.75, 3.05) is 0 Å². The molecule has 0 amide bonds. The van der Waals surface area contributed by atoms with Crippen LogP contribution in [0.1, 0.15) is 11.8 Å². The third-order valence-electron chi connectivity index (χ3n) is 2.04. The summed E-state index contributed by atoms with van der Waals surface area (Å²) in [6, 6.07) is 4.79. The number of pyridine rings is 1. The molecule has 0 aliphatic heterocycles. The second-order valence-electron chi connectivity index (χ2n) is 3.06. The van der Waals surface area contributed by atoms with Crippen LogP contribution < -0.4 is 0 Å². The number of aliphatic hydroxyl groups excluding tert-OH is 1. The maximum absolute atomic E-state index is 12.2. The highest BCUT2D eigenvalue weighted by Gasteiger charge is 2.41. The van der Waals surface area contributed by atoms with E-state index in [-0.39, 0.29) is 5.69 Å². The fraction of sp³-hybridized carbons (Fsp3) is 0.222. The zero-order valence-corrected chi connectivity index (χ0v) is 7.44. The molecule has 6 heteroatoms. The van der Waals surface area contributed by atoms with Gasteiger partial charge in [0.05, 0.1) is 11.9 Å². The van der Waals surface area contributed by atoms with Crippen LogP contribution in [0.2, 0.25) is 0 Å². The molecule has 2 aromatic heterocycles. The summed E-state index contributed by atoms with van der Waals surface area (Å²) >= 11 is 0. The van der Waals surface area contributed by atoms with Gasteiger partial charge in [-0.15, -0.1) is 0 Å². The Labute approximate surface area is 82.8 Å². The van der Waals surface area contributed by atoms with Gasteiger partial charge in [0.25, 0.3) is 0 Å². The molecule has 2 aromatic rings. The van der Waals surface area contributed by atoms with Gasteiger partial charge in [-0.1, -0.05) is 6.07 Å². The van der Waals surface area contributed by atoms with Crippen LogP contribution in [0.4, 0.5) is 13.2 Å². The van der Waals surface area contributed by atoms with Crippen LogP contribution in [-0.2, 0) is 0 Å². The third-order valence-corrected chi connectivity index (χ3v) is 2.04. The molecule has 0 saturated heterocycles. The highest BCUT2D eigenvalue weighted by atomic mass is 19.4. The van der Waals surface area contributed by atoms with Gasteiger partial charge in [0.15, 0.2) is 6.10 Å². The molecule has 0 unspecified atom stereocenters. The van der Waals surface area contributed by atoms with Crippen LogP contribution in [0.5, 0.6) is 0 Å². The predicted octanol–water partition coefficient (Wildman–Crippen LogP) is 1.93. The summed E-state index contributed by atoms with van der Waals surface area (Å²) in [5, 5.41) is 9.06. The number of alkyl halides is 3. The van der Waals surface area contributed by atoms with E-state index in [9.17, 15) is 13.2 Å². The maximum Gasteiger partial charge on any atom is 0.420 e. The van der Waals surface area contributed by atoms with Crippen LogP contribution in [-0.4, -0.2) is 20.7 Å². The SMILES string of the molecule is O[C@H](c1cnc2ccccn12)C(F)(F)F. The number of hydrogen-bond donors (Lipinski definition) is 1. The zero-order chi connectivity index (χ0) is 11.1. The van der Waals surface area contributed by atoms with Crippen molar-refractivity contribution in [3.63, 3.8) is 0 Å². The van der Waals surface area contributed by atoms with Gasteiger partial charge in [0.2, 0.25) is 0 Å². The van der Waals surface area contributed by atoms with Crippen molar-refractivity contribution in [2.24, 2.45) is 0 Å². The Bertz CT molecular complexity index is 477. The summed E-state index contributed by atoms with van der Waals surface area (Å²) in [6.45, 7) is 0. The lowest BCUT2D eigenvalue weighted by Gasteiger charge is -2.13. The Hall–Kier alpha value is -1.56. The lowest BCUT2D eigenvalue weighted by atomic mass is 10.2. The van der Waals surface area contributed by atoms with Crippen LogP contribution in [0.25, 0.3) is 5.65 Å². The molecular weight excluding hydrogens is 209 g/mol. The Balaban J connectivity index is 2.53. The highest BCUT2D eigenvalue weighted by Crippen LogP contribution is 2.32. The number of halogens is 3. The largest absolute Gasteiger partial charge is 0.420 e. The van der Waals surface area contributed by atoms with Gasteiger partial charge in [-0.25, -0.2) is 4.98 Å². The Morgan fingerprint density at radius 2 is 2.07 bits per heavy atom. The van der Waals surface area contributed by atoms with E-state index in [2.05, 4.69) is 4.98 Å². The van der Waals surface area contributed by atoms with E-state index in [0.717, 1.165) is 6.20 Å². The van der Waals surface area contributed by atoms with Crippen LogP contribution in [0.15, 0.2) is 30.6 Å². The van der Waals surface area contributed by atoms with E-state index in [4.69, 9.17) is 5.11 Å². The monoisotopic (exact) mass is 216 g/mol. The average molecular weight is 216 g/mol. The molecule has 1 atom stereocenters. The summed E-state index contributed by atoms with van der Waals surface area (Å²) in [4.78, 5) is 3.76. The molecule has 15 heavy (non-hydrogen) atoms. The molecule has 1 N–H and O–H groups in total. The first-order chi connectivity index (χ1) is 7.00. The lowest BCUT2D eigenvalue weighted by molar-refractivity contribution is -0.208. The number of hydrogen-bond acceptors (Lipinski definition) is 2. The number of aliphatic hydroxyl groups is 1. The fourth-order valence-corrected chi connectivity index (χ4v) is 1.32. The first-order valence-electron chi connectivity index (χ1n) is 4.17. The quantitative estimate of drug-likeness (QED) is 0.790. The van der Waals surface area contributed by atoms with Crippen LogP contribution in [0, 0.1) is 0 Å². The van der Waals surface area contributed by atoms with Gasteiger partial charge in [-0.3, -0.25) is 0 Å². The molecule has 2 heterocycles. The second-order valence-corrected chi connectivity index (χ2v) is 3.06. The normalized spacial score (nSPS) is 14.4.